The van der Waals surface area contributed by atoms with Crippen molar-refractivity contribution in [2.24, 2.45) is 5.14 Å². The fraction of sp³-hybridized carbons (Fsp3) is 0.350. The maximum atomic E-state index is 11.5. The molecule has 0 radical (unpaired) electrons. The van der Waals surface area contributed by atoms with Crippen LogP contribution in [0.4, 0.5) is 11.8 Å². The number of rotatable bonds is 5. The molecule has 1 fully saturated rings. The lowest BCUT2D eigenvalue weighted by atomic mass is 9.93. The van der Waals surface area contributed by atoms with Crippen molar-refractivity contribution in [1.82, 2.24) is 15.0 Å². The van der Waals surface area contributed by atoms with Crippen molar-refractivity contribution in [1.29, 1.82) is 0 Å². The van der Waals surface area contributed by atoms with Gasteiger partial charge in [0.2, 0.25) is 16.0 Å². The predicted molar refractivity (Wildman–Crippen MR) is 115 cm³/mol. The van der Waals surface area contributed by atoms with Gasteiger partial charge in [-0.25, -0.2) is 28.5 Å². The maximum absolute atomic E-state index is 11.5. The maximum Gasteiger partial charge on any atom is 0.238 e. The zero-order chi connectivity index (χ0) is 21.3. The van der Waals surface area contributed by atoms with Crippen LogP contribution in [-0.2, 0) is 14.8 Å². The predicted octanol–water partition coefficient (Wildman–Crippen LogP) is 2.29. The minimum Gasteiger partial charge on any atom is -0.383 e. The van der Waals surface area contributed by atoms with Gasteiger partial charge in [0.1, 0.15) is 5.82 Å². The summed E-state index contributed by atoms with van der Waals surface area (Å²) in [6.07, 6.45) is 7.58. The molecule has 2 aromatic heterocycles. The van der Waals surface area contributed by atoms with E-state index in [2.05, 4.69) is 15.3 Å². The second kappa shape index (κ2) is 8.13. The molecule has 10 heteroatoms. The number of nitrogens with zero attached hydrogens (tertiary/aromatic N) is 3. The van der Waals surface area contributed by atoms with Crippen molar-refractivity contribution < 1.29 is 13.2 Å². The number of nitrogens with two attached hydrogens (primary N) is 2. The second-order valence-corrected chi connectivity index (χ2v) is 9.00. The second-order valence-electron chi connectivity index (χ2n) is 7.44. The molecular formula is C20H24N6O3S. The molecular weight excluding hydrogens is 404 g/mol. The molecule has 1 aliphatic rings. The third kappa shape index (κ3) is 4.20. The number of ether oxygens (including phenoxy) is 1. The highest BCUT2D eigenvalue weighted by Gasteiger charge is 2.21. The molecule has 1 aromatic carbocycles. The largest absolute Gasteiger partial charge is 0.383 e. The van der Waals surface area contributed by atoms with Crippen molar-refractivity contribution in [2.45, 2.75) is 42.7 Å². The number of hydrogen-bond acceptors (Lipinski definition) is 8. The van der Waals surface area contributed by atoms with Crippen molar-refractivity contribution in [2.75, 3.05) is 18.2 Å². The molecule has 0 amide bonds. The Morgan fingerprint density at radius 1 is 1.07 bits per heavy atom. The normalized spacial score (nSPS) is 19.7. The SMILES string of the molecule is COC1CCC(Nc2ncc3c(N)ncc(-c4ccc(S(N)(=O)=O)cc4)c3n2)CC1. The van der Waals surface area contributed by atoms with Gasteiger partial charge in [-0.2, -0.15) is 0 Å². The van der Waals surface area contributed by atoms with E-state index in [9.17, 15) is 8.42 Å². The van der Waals surface area contributed by atoms with Crippen LogP contribution in [-0.4, -0.2) is 42.6 Å². The first kappa shape index (κ1) is 20.5. The summed E-state index contributed by atoms with van der Waals surface area (Å²) in [6, 6.07) is 6.55. The number of hydrogen-bond donors (Lipinski definition) is 3. The Balaban J connectivity index is 1.67. The molecule has 0 aliphatic heterocycles. The van der Waals surface area contributed by atoms with E-state index < -0.39 is 10.0 Å². The summed E-state index contributed by atoms with van der Waals surface area (Å²) < 4.78 is 28.5. The molecule has 9 nitrogen and oxygen atoms in total. The van der Waals surface area contributed by atoms with Gasteiger partial charge >= 0.3 is 0 Å². The first-order valence-corrected chi connectivity index (χ1v) is 11.2. The van der Waals surface area contributed by atoms with Gasteiger partial charge in [-0.3, -0.25) is 0 Å². The average Bonchev–Trinajstić information content (AvgIpc) is 2.74. The molecule has 0 saturated heterocycles. The van der Waals surface area contributed by atoms with Gasteiger partial charge in [-0.05, 0) is 43.4 Å². The lowest BCUT2D eigenvalue weighted by molar-refractivity contribution is 0.0681. The molecule has 1 aliphatic carbocycles. The lowest BCUT2D eigenvalue weighted by Gasteiger charge is -2.28. The summed E-state index contributed by atoms with van der Waals surface area (Å²) >= 11 is 0. The Morgan fingerprint density at radius 3 is 2.40 bits per heavy atom. The van der Waals surface area contributed by atoms with Gasteiger partial charge in [-0.15, -0.1) is 0 Å². The number of aromatic nitrogens is 3. The van der Waals surface area contributed by atoms with Crippen LogP contribution in [0.1, 0.15) is 25.7 Å². The van der Waals surface area contributed by atoms with Crippen LogP contribution in [0.15, 0.2) is 41.6 Å². The molecule has 1 saturated carbocycles. The van der Waals surface area contributed by atoms with Crippen LogP contribution in [0, 0.1) is 0 Å². The minimum atomic E-state index is -3.76. The third-order valence-corrected chi connectivity index (χ3v) is 6.42. The summed E-state index contributed by atoms with van der Waals surface area (Å²) in [5.41, 5.74) is 8.16. The summed E-state index contributed by atoms with van der Waals surface area (Å²) in [6.45, 7) is 0. The van der Waals surface area contributed by atoms with Crippen LogP contribution in [0.25, 0.3) is 22.0 Å². The van der Waals surface area contributed by atoms with E-state index in [0.717, 1.165) is 36.8 Å². The number of nitrogens with one attached hydrogen (secondary N) is 1. The molecule has 5 N–H and O–H groups in total. The van der Waals surface area contributed by atoms with Crippen molar-refractivity contribution in [3.8, 4) is 11.1 Å². The smallest absolute Gasteiger partial charge is 0.238 e. The van der Waals surface area contributed by atoms with Gasteiger partial charge in [0, 0.05) is 31.1 Å². The van der Waals surface area contributed by atoms with Crippen molar-refractivity contribution >= 4 is 32.7 Å². The van der Waals surface area contributed by atoms with E-state index in [4.69, 9.17) is 20.6 Å². The Morgan fingerprint density at radius 2 is 1.77 bits per heavy atom. The Hall–Kier alpha value is -2.82. The molecule has 0 bridgehead atoms. The van der Waals surface area contributed by atoms with E-state index in [1.807, 2.05) is 0 Å². The average molecular weight is 429 g/mol. The number of pyridine rings is 1. The Kier molecular flexibility index (Phi) is 5.54. The number of anilines is 2. The first-order valence-electron chi connectivity index (χ1n) is 9.69. The fourth-order valence-electron chi connectivity index (χ4n) is 3.77. The topological polar surface area (TPSA) is 146 Å². The van der Waals surface area contributed by atoms with Crippen molar-refractivity contribution in [3.05, 3.63) is 36.7 Å². The molecule has 3 aromatic rings. The van der Waals surface area contributed by atoms with E-state index in [-0.39, 0.29) is 10.9 Å². The van der Waals surface area contributed by atoms with E-state index >= 15 is 0 Å². The molecule has 2 heterocycles. The summed E-state index contributed by atoms with van der Waals surface area (Å²) in [4.78, 5) is 13.4. The fourth-order valence-corrected chi connectivity index (χ4v) is 4.29. The Labute approximate surface area is 174 Å². The molecule has 0 spiro atoms. The number of benzene rings is 1. The first-order chi connectivity index (χ1) is 14.3. The molecule has 30 heavy (non-hydrogen) atoms. The van der Waals surface area contributed by atoms with Crippen LogP contribution < -0.4 is 16.2 Å². The minimum absolute atomic E-state index is 0.0441. The molecule has 0 unspecified atom stereocenters. The van der Waals surface area contributed by atoms with Crippen molar-refractivity contribution in [3.63, 3.8) is 0 Å². The number of fused-ring (bicyclic) bond motifs is 1. The van der Waals surface area contributed by atoms with Crippen LogP contribution in [0.3, 0.4) is 0 Å². The van der Waals surface area contributed by atoms with Gasteiger partial charge < -0.3 is 15.8 Å². The number of sulfonamides is 1. The van der Waals surface area contributed by atoms with E-state index in [0.29, 0.717) is 28.8 Å². The standard InChI is InChI=1S/C20H24N6O3S/c1-29-14-6-4-13(5-7-14)25-20-24-11-17-18(26-20)16(10-23-19(17)21)12-2-8-15(9-3-12)30(22,27)28/h2-3,8-11,13-14H,4-7H2,1H3,(H2,21,23)(H2,22,27,28)(H,24,25,26). The molecule has 4 rings (SSSR count). The zero-order valence-corrected chi connectivity index (χ0v) is 17.4. The van der Waals surface area contributed by atoms with Gasteiger partial charge in [-0.1, -0.05) is 12.1 Å². The van der Waals surface area contributed by atoms with Gasteiger partial charge in [0.15, 0.2) is 0 Å². The number of nitrogen functional groups attached to an aromatic ring is 1. The molecule has 158 valence electrons. The summed E-state index contributed by atoms with van der Waals surface area (Å²) in [7, 11) is -2.01. The third-order valence-electron chi connectivity index (χ3n) is 5.49. The zero-order valence-electron chi connectivity index (χ0n) is 16.6. The summed E-state index contributed by atoms with van der Waals surface area (Å²) in [5.74, 6) is 0.860. The number of primary sulfonamides is 1. The Bertz CT molecular complexity index is 1160. The summed E-state index contributed by atoms with van der Waals surface area (Å²) in [5, 5.41) is 9.23. The lowest BCUT2D eigenvalue weighted by Crippen LogP contribution is -2.29. The van der Waals surface area contributed by atoms with E-state index in [1.165, 1.54) is 12.1 Å². The highest BCUT2D eigenvalue weighted by atomic mass is 32.2. The highest BCUT2D eigenvalue weighted by molar-refractivity contribution is 7.89. The van der Waals surface area contributed by atoms with Crippen LogP contribution >= 0.6 is 0 Å². The van der Waals surface area contributed by atoms with Crippen LogP contribution in [0.5, 0.6) is 0 Å². The quantitative estimate of drug-likeness (QED) is 0.561. The number of methoxy groups -OCH3 is 1. The van der Waals surface area contributed by atoms with Crippen LogP contribution in [0.2, 0.25) is 0 Å². The van der Waals surface area contributed by atoms with E-state index in [1.54, 1.807) is 31.6 Å². The molecule has 0 atom stereocenters. The highest BCUT2D eigenvalue weighted by Crippen LogP contribution is 2.31. The van der Waals surface area contributed by atoms with Gasteiger partial charge in [0.05, 0.1) is 21.9 Å². The van der Waals surface area contributed by atoms with Gasteiger partial charge in [0.25, 0.3) is 0 Å². The monoisotopic (exact) mass is 428 g/mol.